The maximum absolute atomic E-state index is 13.3. The van der Waals surface area contributed by atoms with Gasteiger partial charge in [-0.05, 0) is 43.7 Å². The first-order chi connectivity index (χ1) is 14.6. The van der Waals surface area contributed by atoms with Gasteiger partial charge >= 0.3 is 6.03 Å². The minimum absolute atomic E-state index is 0.0521. The summed E-state index contributed by atoms with van der Waals surface area (Å²) in [4.78, 5) is 42.8. The molecule has 2 saturated heterocycles. The van der Waals surface area contributed by atoms with Crippen LogP contribution in [0.3, 0.4) is 0 Å². The molecular formula is C21H27N7O2. The Kier molecular flexibility index (Phi) is 4.80. The molecule has 2 aromatic rings. The van der Waals surface area contributed by atoms with Gasteiger partial charge in [0.15, 0.2) is 5.82 Å². The largest absolute Gasteiger partial charge is 0.366 e. The molecule has 0 saturated carbocycles. The number of amides is 2. The van der Waals surface area contributed by atoms with Gasteiger partial charge in [-0.25, -0.2) is 14.8 Å². The summed E-state index contributed by atoms with van der Waals surface area (Å²) in [6.07, 6.45) is 5.65. The Morgan fingerprint density at radius 1 is 1.17 bits per heavy atom. The van der Waals surface area contributed by atoms with Gasteiger partial charge in [-0.2, -0.15) is 0 Å². The molecule has 2 aromatic heterocycles. The summed E-state index contributed by atoms with van der Waals surface area (Å²) in [6.45, 7) is 6.03. The van der Waals surface area contributed by atoms with Crippen LogP contribution in [-0.4, -0.2) is 53.2 Å². The van der Waals surface area contributed by atoms with E-state index in [1.54, 1.807) is 4.90 Å². The maximum Gasteiger partial charge on any atom is 0.329 e. The van der Waals surface area contributed by atoms with E-state index in [0.717, 1.165) is 56.9 Å². The Morgan fingerprint density at radius 2 is 2.00 bits per heavy atom. The highest BCUT2D eigenvalue weighted by Gasteiger charge is 2.38. The van der Waals surface area contributed by atoms with Crippen molar-refractivity contribution in [3.63, 3.8) is 0 Å². The van der Waals surface area contributed by atoms with Crippen molar-refractivity contribution in [1.82, 2.24) is 15.0 Å². The smallest absolute Gasteiger partial charge is 0.329 e. The lowest BCUT2D eigenvalue weighted by molar-refractivity contribution is 0.252. The minimum Gasteiger partial charge on any atom is -0.366 e. The predicted molar refractivity (Wildman–Crippen MR) is 116 cm³/mol. The zero-order chi connectivity index (χ0) is 20.7. The first-order valence-corrected chi connectivity index (χ1v) is 10.7. The van der Waals surface area contributed by atoms with Gasteiger partial charge in [0.05, 0.1) is 18.1 Å². The summed E-state index contributed by atoms with van der Waals surface area (Å²) >= 11 is 0. The van der Waals surface area contributed by atoms with Crippen molar-refractivity contribution >= 4 is 29.2 Å². The zero-order valence-electron chi connectivity index (χ0n) is 17.2. The molecule has 0 aliphatic carbocycles. The number of hydrogen-bond acceptors (Lipinski definition) is 6. The number of piperidine rings is 2. The van der Waals surface area contributed by atoms with E-state index < -0.39 is 0 Å². The van der Waals surface area contributed by atoms with Crippen LogP contribution in [0.25, 0.3) is 0 Å². The minimum atomic E-state index is -0.303. The van der Waals surface area contributed by atoms with E-state index >= 15 is 0 Å². The van der Waals surface area contributed by atoms with E-state index in [2.05, 4.69) is 44.1 Å². The van der Waals surface area contributed by atoms with Gasteiger partial charge in [0, 0.05) is 32.2 Å². The molecule has 9 nitrogen and oxygen atoms in total. The summed E-state index contributed by atoms with van der Waals surface area (Å²) in [7, 11) is 0. The Bertz CT molecular complexity index is 1010. The van der Waals surface area contributed by atoms with Crippen molar-refractivity contribution in [3.8, 4) is 0 Å². The molecule has 0 radical (unpaired) electrons. The summed E-state index contributed by atoms with van der Waals surface area (Å²) in [5.74, 6) is 2.50. The van der Waals surface area contributed by atoms with Crippen LogP contribution in [-0.2, 0) is 0 Å². The van der Waals surface area contributed by atoms with Gasteiger partial charge in [-0.15, -0.1) is 0 Å². The molecule has 3 aliphatic rings. The van der Waals surface area contributed by atoms with Crippen molar-refractivity contribution in [1.29, 1.82) is 0 Å². The second-order valence-corrected chi connectivity index (χ2v) is 8.54. The van der Waals surface area contributed by atoms with Gasteiger partial charge in [0.1, 0.15) is 11.6 Å². The van der Waals surface area contributed by atoms with Gasteiger partial charge in [0.2, 0.25) is 0 Å². The van der Waals surface area contributed by atoms with E-state index in [-0.39, 0.29) is 23.5 Å². The Labute approximate surface area is 175 Å². The molecule has 158 valence electrons. The average Bonchev–Trinajstić information content (AvgIpc) is 2.74. The standard InChI is InChI=1S/C21H27N7O2/c1-14-4-2-9-27(11-14)18-7-6-16-20(25-18)28(15-5-3-8-26(16)12-15)21(30)24-17-10-19(29)23-13-22-17/h6-7,10,13-15H,2-5,8-9,11-12H2,1H3,(H2,22,23,24,29,30)/t14?,15-/m0/s1. The monoisotopic (exact) mass is 409 g/mol. The molecule has 9 heteroatoms. The number of urea groups is 1. The summed E-state index contributed by atoms with van der Waals surface area (Å²) in [6, 6.07) is 5.23. The summed E-state index contributed by atoms with van der Waals surface area (Å²) < 4.78 is 0. The number of fused-ring (bicyclic) bond motifs is 4. The number of H-pyrrole nitrogens is 1. The normalized spacial score (nSPS) is 23.2. The van der Waals surface area contributed by atoms with Gasteiger partial charge in [-0.1, -0.05) is 6.92 Å². The fourth-order valence-electron chi connectivity index (χ4n) is 4.85. The molecule has 2 atom stereocenters. The van der Waals surface area contributed by atoms with Crippen LogP contribution in [0.5, 0.6) is 0 Å². The molecule has 5 rings (SSSR count). The summed E-state index contributed by atoms with van der Waals surface area (Å²) in [5, 5.41) is 2.79. The van der Waals surface area contributed by atoms with Crippen LogP contribution >= 0.6 is 0 Å². The van der Waals surface area contributed by atoms with Crippen molar-refractivity contribution in [2.45, 2.75) is 38.6 Å². The third-order valence-corrected chi connectivity index (χ3v) is 6.28. The number of aromatic nitrogens is 3. The first kappa shape index (κ1) is 18.9. The Morgan fingerprint density at radius 3 is 2.83 bits per heavy atom. The number of hydrogen-bond donors (Lipinski definition) is 2. The molecule has 5 heterocycles. The number of pyridine rings is 1. The van der Waals surface area contributed by atoms with Crippen molar-refractivity contribution in [2.75, 3.05) is 46.2 Å². The van der Waals surface area contributed by atoms with Crippen molar-refractivity contribution in [3.05, 3.63) is 34.9 Å². The molecule has 2 fully saturated rings. The van der Waals surface area contributed by atoms with Crippen LogP contribution in [0, 0.1) is 5.92 Å². The lowest BCUT2D eigenvalue weighted by atomic mass is 9.99. The third kappa shape index (κ3) is 3.48. The van der Waals surface area contributed by atoms with Crippen LogP contribution in [0.15, 0.2) is 29.3 Å². The summed E-state index contributed by atoms with van der Waals surface area (Å²) in [5.41, 5.74) is 0.691. The number of rotatable bonds is 2. The SMILES string of the molecule is CC1CCCN(c2ccc3c(n2)N(C(=O)Nc2cc(=O)[nH]cn2)[C@H]2CCCN3C2)C1. The molecule has 3 aliphatic heterocycles. The van der Waals surface area contributed by atoms with E-state index in [1.807, 2.05) is 0 Å². The number of anilines is 4. The highest BCUT2D eigenvalue weighted by molar-refractivity contribution is 6.04. The molecule has 0 aromatic carbocycles. The number of nitrogens with zero attached hydrogens (tertiary/aromatic N) is 5. The zero-order valence-corrected chi connectivity index (χ0v) is 17.2. The van der Waals surface area contributed by atoms with Crippen LogP contribution < -0.4 is 25.6 Å². The lowest BCUT2D eigenvalue weighted by Gasteiger charge is -2.46. The topological polar surface area (TPSA) is 97.5 Å². The second-order valence-electron chi connectivity index (χ2n) is 8.54. The fourth-order valence-corrected chi connectivity index (χ4v) is 4.85. The van der Waals surface area contributed by atoms with E-state index in [4.69, 9.17) is 4.98 Å². The number of aromatic amines is 1. The second kappa shape index (κ2) is 7.62. The highest BCUT2D eigenvalue weighted by Crippen LogP contribution is 2.39. The Balaban J connectivity index is 1.49. The van der Waals surface area contributed by atoms with Crippen LogP contribution in [0.4, 0.5) is 27.9 Å². The van der Waals surface area contributed by atoms with E-state index in [1.165, 1.54) is 18.8 Å². The lowest BCUT2D eigenvalue weighted by Crippen LogP contribution is -2.56. The highest BCUT2D eigenvalue weighted by atomic mass is 16.2. The molecule has 1 unspecified atom stereocenters. The molecule has 2 N–H and O–H groups in total. The van der Waals surface area contributed by atoms with Crippen molar-refractivity contribution in [2.24, 2.45) is 5.92 Å². The van der Waals surface area contributed by atoms with Crippen LogP contribution in [0.1, 0.15) is 32.6 Å². The van der Waals surface area contributed by atoms with Gasteiger partial charge in [0.25, 0.3) is 5.56 Å². The van der Waals surface area contributed by atoms with Gasteiger partial charge < -0.3 is 14.8 Å². The maximum atomic E-state index is 13.3. The fraction of sp³-hybridized carbons (Fsp3) is 0.524. The number of carbonyl (C=O) groups excluding carboxylic acids is 1. The molecular weight excluding hydrogens is 382 g/mol. The van der Waals surface area contributed by atoms with E-state index in [0.29, 0.717) is 11.7 Å². The molecule has 30 heavy (non-hydrogen) atoms. The quantitative estimate of drug-likeness (QED) is 0.791. The predicted octanol–water partition coefficient (Wildman–Crippen LogP) is 2.42. The Hall–Kier alpha value is -3.10. The third-order valence-electron chi connectivity index (χ3n) is 6.28. The number of carbonyl (C=O) groups is 1. The van der Waals surface area contributed by atoms with Crippen molar-refractivity contribution < 1.29 is 4.79 Å². The molecule has 2 bridgehead atoms. The molecule has 0 spiro atoms. The number of nitrogens with one attached hydrogen (secondary N) is 2. The van der Waals surface area contributed by atoms with E-state index in [9.17, 15) is 9.59 Å². The molecule has 2 amide bonds. The van der Waals surface area contributed by atoms with Gasteiger partial charge in [-0.3, -0.25) is 15.0 Å². The van der Waals surface area contributed by atoms with Crippen LogP contribution in [0.2, 0.25) is 0 Å². The first-order valence-electron chi connectivity index (χ1n) is 10.7. The average molecular weight is 409 g/mol.